The fraction of sp³-hybridized carbons (Fsp3) is 0.500. The van der Waals surface area contributed by atoms with E-state index in [2.05, 4.69) is 5.32 Å². The largest absolute Gasteiger partial charge is 0.494 e. The third-order valence-electron chi connectivity index (χ3n) is 2.50. The highest BCUT2D eigenvalue weighted by Crippen LogP contribution is 2.12. The molecule has 4 heteroatoms. The van der Waals surface area contributed by atoms with Crippen LogP contribution in [-0.4, -0.2) is 30.8 Å². The van der Waals surface area contributed by atoms with Gasteiger partial charge in [-0.25, -0.2) is 0 Å². The third-order valence-corrected chi connectivity index (χ3v) is 2.50. The van der Waals surface area contributed by atoms with Crippen molar-refractivity contribution >= 4 is 5.97 Å². The van der Waals surface area contributed by atoms with Crippen LogP contribution in [0.4, 0.5) is 0 Å². The minimum absolute atomic E-state index is 0.229. The van der Waals surface area contributed by atoms with E-state index in [1.54, 1.807) is 0 Å². The molecular formula is C14H21NO3. The molecule has 18 heavy (non-hydrogen) atoms. The van der Waals surface area contributed by atoms with Gasteiger partial charge in [0.1, 0.15) is 5.75 Å². The molecule has 1 aromatic rings. The first-order valence-corrected chi connectivity index (χ1v) is 6.30. The zero-order chi connectivity index (χ0) is 13.2. The van der Waals surface area contributed by atoms with Crippen molar-refractivity contribution in [1.82, 2.24) is 5.32 Å². The van der Waals surface area contributed by atoms with Crippen molar-refractivity contribution in [3.8, 4) is 5.75 Å². The van der Waals surface area contributed by atoms with E-state index in [1.807, 2.05) is 31.2 Å². The van der Waals surface area contributed by atoms with E-state index in [0.717, 1.165) is 25.3 Å². The molecule has 100 valence electrons. The minimum atomic E-state index is -0.736. The second kappa shape index (κ2) is 8.53. The first kappa shape index (κ1) is 14.5. The number of benzene rings is 1. The Balaban J connectivity index is 1.97. The molecule has 0 heterocycles. The fourth-order valence-corrected chi connectivity index (χ4v) is 1.58. The number of aliphatic carboxylic acids is 1. The number of aryl methyl sites for hydroxylation is 1. The van der Waals surface area contributed by atoms with Crippen LogP contribution in [-0.2, 0) is 4.79 Å². The molecule has 0 saturated heterocycles. The van der Waals surface area contributed by atoms with Gasteiger partial charge in [0.25, 0.3) is 0 Å². The molecule has 0 spiro atoms. The maximum absolute atomic E-state index is 10.3. The molecule has 0 aliphatic rings. The molecule has 0 amide bonds. The number of hydrogen-bond acceptors (Lipinski definition) is 3. The number of rotatable bonds is 9. The van der Waals surface area contributed by atoms with E-state index in [0.29, 0.717) is 13.0 Å². The topological polar surface area (TPSA) is 58.6 Å². The molecule has 1 aromatic carbocycles. The van der Waals surface area contributed by atoms with Gasteiger partial charge in [-0.3, -0.25) is 4.79 Å². The highest BCUT2D eigenvalue weighted by molar-refractivity contribution is 5.66. The molecule has 0 unspecified atom stereocenters. The number of carbonyl (C=O) groups is 1. The number of ether oxygens (including phenoxy) is 1. The van der Waals surface area contributed by atoms with Gasteiger partial charge in [-0.1, -0.05) is 12.1 Å². The smallest absolute Gasteiger partial charge is 0.303 e. The average Bonchev–Trinajstić information content (AvgIpc) is 2.32. The van der Waals surface area contributed by atoms with Gasteiger partial charge >= 0.3 is 5.97 Å². The summed E-state index contributed by atoms with van der Waals surface area (Å²) in [5, 5.41) is 11.6. The van der Waals surface area contributed by atoms with Crippen LogP contribution in [0.1, 0.15) is 24.8 Å². The van der Waals surface area contributed by atoms with Crippen molar-refractivity contribution in [3.63, 3.8) is 0 Å². The monoisotopic (exact) mass is 251 g/mol. The SMILES string of the molecule is Cc1cccc(OCCCNCCCC(=O)O)c1. The second-order valence-electron chi connectivity index (χ2n) is 4.27. The lowest BCUT2D eigenvalue weighted by Gasteiger charge is -2.07. The van der Waals surface area contributed by atoms with Gasteiger partial charge < -0.3 is 15.2 Å². The Morgan fingerprint density at radius 1 is 1.33 bits per heavy atom. The standard InChI is InChI=1S/C14H21NO3/c1-12-5-2-6-13(11-12)18-10-4-9-15-8-3-7-14(16)17/h2,5-6,11,15H,3-4,7-10H2,1H3,(H,16,17). The van der Waals surface area contributed by atoms with Crippen molar-refractivity contribution < 1.29 is 14.6 Å². The Morgan fingerprint density at radius 2 is 2.11 bits per heavy atom. The summed E-state index contributed by atoms with van der Waals surface area (Å²) in [5.41, 5.74) is 1.19. The molecule has 0 saturated carbocycles. The first-order chi connectivity index (χ1) is 8.68. The van der Waals surface area contributed by atoms with Crippen LogP contribution in [0.3, 0.4) is 0 Å². The van der Waals surface area contributed by atoms with Crippen LogP contribution >= 0.6 is 0 Å². The molecular weight excluding hydrogens is 230 g/mol. The lowest BCUT2D eigenvalue weighted by Crippen LogP contribution is -2.19. The summed E-state index contributed by atoms with van der Waals surface area (Å²) in [6.45, 7) is 4.31. The summed E-state index contributed by atoms with van der Waals surface area (Å²) >= 11 is 0. The van der Waals surface area contributed by atoms with Gasteiger partial charge in [0, 0.05) is 6.42 Å². The van der Waals surface area contributed by atoms with Crippen LogP contribution in [0, 0.1) is 6.92 Å². The van der Waals surface area contributed by atoms with Crippen LogP contribution in [0.5, 0.6) is 5.75 Å². The van der Waals surface area contributed by atoms with Crippen molar-refractivity contribution in [3.05, 3.63) is 29.8 Å². The minimum Gasteiger partial charge on any atom is -0.494 e. The van der Waals surface area contributed by atoms with E-state index >= 15 is 0 Å². The number of carboxylic acid groups (broad SMARTS) is 1. The second-order valence-corrected chi connectivity index (χ2v) is 4.27. The molecule has 4 nitrogen and oxygen atoms in total. The summed E-state index contributed by atoms with van der Waals surface area (Å²) in [6, 6.07) is 7.99. The molecule has 0 aromatic heterocycles. The zero-order valence-corrected chi connectivity index (χ0v) is 10.8. The summed E-state index contributed by atoms with van der Waals surface area (Å²) in [6.07, 6.45) is 1.82. The number of nitrogens with one attached hydrogen (secondary N) is 1. The van der Waals surface area contributed by atoms with Gasteiger partial charge in [-0.05, 0) is 50.6 Å². The third kappa shape index (κ3) is 6.91. The van der Waals surface area contributed by atoms with Crippen LogP contribution in [0.15, 0.2) is 24.3 Å². The molecule has 2 N–H and O–H groups in total. The van der Waals surface area contributed by atoms with Crippen LogP contribution in [0.2, 0.25) is 0 Å². The molecule has 0 fully saturated rings. The normalized spacial score (nSPS) is 10.3. The summed E-state index contributed by atoms with van der Waals surface area (Å²) < 4.78 is 5.60. The predicted octanol–water partition coefficient (Wildman–Crippen LogP) is 2.22. The molecule has 0 aliphatic carbocycles. The summed E-state index contributed by atoms with van der Waals surface area (Å²) in [4.78, 5) is 10.3. The van der Waals surface area contributed by atoms with Gasteiger partial charge in [-0.2, -0.15) is 0 Å². The molecule has 1 rings (SSSR count). The van der Waals surface area contributed by atoms with E-state index in [4.69, 9.17) is 9.84 Å². The number of carboxylic acids is 1. The maximum Gasteiger partial charge on any atom is 0.303 e. The Morgan fingerprint density at radius 3 is 2.83 bits per heavy atom. The molecule has 0 atom stereocenters. The Hall–Kier alpha value is -1.55. The fourth-order valence-electron chi connectivity index (χ4n) is 1.58. The molecule has 0 radical (unpaired) electrons. The molecule has 0 bridgehead atoms. The predicted molar refractivity (Wildman–Crippen MR) is 71.0 cm³/mol. The van der Waals surface area contributed by atoms with Crippen LogP contribution in [0.25, 0.3) is 0 Å². The van der Waals surface area contributed by atoms with Crippen molar-refractivity contribution in [2.45, 2.75) is 26.2 Å². The van der Waals surface area contributed by atoms with Crippen molar-refractivity contribution in [1.29, 1.82) is 0 Å². The highest BCUT2D eigenvalue weighted by atomic mass is 16.5. The van der Waals surface area contributed by atoms with Gasteiger partial charge in [0.2, 0.25) is 0 Å². The zero-order valence-electron chi connectivity index (χ0n) is 10.8. The van der Waals surface area contributed by atoms with E-state index < -0.39 is 5.97 Å². The number of hydrogen-bond donors (Lipinski definition) is 2. The van der Waals surface area contributed by atoms with Gasteiger partial charge in [0.15, 0.2) is 0 Å². The first-order valence-electron chi connectivity index (χ1n) is 6.30. The van der Waals surface area contributed by atoms with Gasteiger partial charge in [-0.15, -0.1) is 0 Å². The van der Waals surface area contributed by atoms with Crippen molar-refractivity contribution in [2.24, 2.45) is 0 Å². The lowest BCUT2D eigenvalue weighted by atomic mass is 10.2. The average molecular weight is 251 g/mol. The Labute approximate surface area is 108 Å². The Kier molecular flexibility index (Phi) is 6.87. The molecule has 0 aliphatic heterocycles. The highest BCUT2D eigenvalue weighted by Gasteiger charge is 1.96. The van der Waals surface area contributed by atoms with Crippen molar-refractivity contribution in [2.75, 3.05) is 19.7 Å². The van der Waals surface area contributed by atoms with E-state index in [9.17, 15) is 4.79 Å². The Bertz CT molecular complexity index is 366. The maximum atomic E-state index is 10.3. The van der Waals surface area contributed by atoms with Gasteiger partial charge in [0.05, 0.1) is 6.61 Å². The van der Waals surface area contributed by atoms with Crippen LogP contribution < -0.4 is 10.1 Å². The lowest BCUT2D eigenvalue weighted by molar-refractivity contribution is -0.137. The summed E-state index contributed by atoms with van der Waals surface area (Å²) in [7, 11) is 0. The quantitative estimate of drug-likeness (QED) is 0.661. The van der Waals surface area contributed by atoms with E-state index in [-0.39, 0.29) is 6.42 Å². The summed E-state index contributed by atoms with van der Waals surface area (Å²) in [5.74, 6) is 0.167. The van der Waals surface area contributed by atoms with E-state index in [1.165, 1.54) is 5.56 Å².